The number of likely N-dealkylation sites (N-methyl/N-ethyl adjacent to an activating group) is 1. The molecule has 0 spiro atoms. The molecule has 0 bridgehead atoms. The van der Waals surface area contributed by atoms with Crippen molar-refractivity contribution in [2.24, 2.45) is 0 Å². The molecular formula is C35H30ClFN4O3. The van der Waals surface area contributed by atoms with Gasteiger partial charge in [-0.25, -0.2) is 4.39 Å². The lowest BCUT2D eigenvalue weighted by Gasteiger charge is -2.24. The van der Waals surface area contributed by atoms with Crippen LogP contribution in [0.1, 0.15) is 37.8 Å². The van der Waals surface area contributed by atoms with Gasteiger partial charge in [0.15, 0.2) is 0 Å². The summed E-state index contributed by atoms with van der Waals surface area (Å²) in [6, 6.07) is 26.5. The number of hydrogen-bond acceptors (Lipinski definition) is 4. The minimum atomic E-state index is -0.425. The summed E-state index contributed by atoms with van der Waals surface area (Å²) in [7, 11) is 3.25. The van der Waals surface area contributed by atoms with Crippen LogP contribution in [-0.4, -0.2) is 47.0 Å². The molecule has 5 aromatic rings. The highest BCUT2D eigenvalue weighted by Crippen LogP contribution is 2.38. The molecule has 2 aromatic heterocycles. The van der Waals surface area contributed by atoms with Crippen molar-refractivity contribution in [2.75, 3.05) is 25.6 Å². The largest absolute Gasteiger partial charge is 0.496 e. The number of pyridine rings is 1. The number of hydrogen-bond donors (Lipinski definition) is 0. The Morgan fingerprint density at radius 1 is 0.955 bits per heavy atom. The number of halogens is 2. The van der Waals surface area contributed by atoms with E-state index in [1.807, 2.05) is 59.2 Å². The molecule has 0 N–H and O–H groups in total. The third-order valence-electron chi connectivity index (χ3n) is 7.93. The fourth-order valence-corrected chi connectivity index (χ4v) is 5.84. The number of methoxy groups -OCH3 is 1. The highest BCUT2D eigenvalue weighted by atomic mass is 35.5. The number of anilines is 1. The minimum absolute atomic E-state index is 0.110. The van der Waals surface area contributed by atoms with Crippen molar-refractivity contribution in [3.63, 3.8) is 0 Å². The zero-order chi connectivity index (χ0) is 30.8. The van der Waals surface area contributed by atoms with Crippen LogP contribution in [0, 0.1) is 5.82 Å². The highest BCUT2D eigenvalue weighted by Gasteiger charge is 2.30. The fourth-order valence-electron chi connectivity index (χ4n) is 5.57. The SMILES string of the molecule is COc1cc(-c2ccccc2F)c(Cl)cc1C(=O)N1Cc2ccc(C(=O)N(C)CCc3ccccn3)n2Cc2ccccc21. The summed E-state index contributed by atoms with van der Waals surface area (Å²) in [5.74, 6) is -0.585. The third-order valence-corrected chi connectivity index (χ3v) is 8.24. The van der Waals surface area contributed by atoms with E-state index in [-0.39, 0.29) is 34.7 Å². The van der Waals surface area contributed by atoms with Crippen LogP contribution in [0.3, 0.4) is 0 Å². The van der Waals surface area contributed by atoms with Crippen molar-refractivity contribution in [1.29, 1.82) is 0 Å². The maximum absolute atomic E-state index is 14.6. The van der Waals surface area contributed by atoms with Crippen molar-refractivity contribution >= 4 is 29.1 Å². The third kappa shape index (κ3) is 5.56. The molecule has 3 heterocycles. The summed E-state index contributed by atoms with van der Waals surface area (Å²) in [5.41, 5.74) is 4.87. The normalized spacial score (nSPS) is 12.2. The Morgan fingerprint density at radius 3 is 2.50 bits per heavy atom. The summed E-state index contributed by atoms with van der Waals surface area (Å²) in [5, 5.41) is 0.229. The van der Waals surface area contributed by atoms with Gasteiger partial charge in [0.1, 0.15) is 17.3 Å². The summed E-state index contributed by atoms with van der Waals surface area (Å²) in [4.78, 5) is 35.6. The molecule has 222 valence electrons. The molecule has 7 nitrogen and oxygen atoms in total. The molecule has 0 saturated carbocycles. The molecule has 0 unspecified atom stereocenters. The molecule has 6 rings (SSSR count). The van der Waals surface area contributed by atoms with Crippen LogP contribution in [-0.2, 0) is 19.5 Å². The Morgan fingerprint density at radius 2 is 1.73 bits per heavy atom. The van der Waals surface area contributed by atoms with Gasteiger partial charge in [0.25, 0.3) is 11.8 Å². The first-order chi connectivity index (χ1) is 21.4. The van der Waals surface area contributed by atoms with Crippen LogP contribution < -0.4 is 9.64 Å². The van der Waals surface area contributed by atoms with Crippen molar-refractivity contribution in [3.8, 4) is 16.9 Å². The molecule has 0 atom stereocenters. The predicted octanol–water partition coefficient (Wildman–Crippen LogP) is 6.87. The standard InChI is InChI=1S/C35H30ClFN4O3/c1-39(18-16-24-10-7-8-17-38-24)35(43)32-15-14-25-22-41(31-13-6-3-9-23(31)21-40(25)32)34(42)28-19-29(36)27(20-33(28)44-2)26-11-4-5-12-30(26)37/h3-15,17,19-20H,16,18,21-22H2,1-2H3. The van der Waals surface area contributed by atoms with Crippen molar-refractivity contribution in [1.82, 2.24) is 14.5 Å². The summed E-state index contributed by atoms with van der Waals surface area (Å²) in [6.07, 6.45) is 2.39. The van der Waals surface area contributed by atoms with Crippen LogP contribution in [0.4, 0.5) is 10.1 Å². The molecule has 0 saturated heterocycles. The number of benzene rings is 3. The van der Waals surface area contributed by atoms with E-state index in [4.69, 9.17) is 16.3 Å². The maximum Gasteiger partial charge on any atom is 0.270 e. The molecule has 1 aliphatic heterocycles. The van der Waals surface area contributed by atoms with Gasteiger partial charge in [0.05, 0.1) is 25.8 Å². The van der Waals surface area contributed by atoms with Gasteiger partial charge in [-0.05, 0) is 54.1 Å². The lowest BCUT2D eigenvalue weighted by Crippen LogP contribution is -2.32. The van der Waals surface area contributed by atoms with Gasteiger partial charge in [-0.1, -0.05) is 54.1 Å². The van der Waals surface area contributed by atoms with Gasteiger partial charge < -0.3 is 19.1 Å². The van der Waals surface area contributed by atoms with E-state index in [1.54, 1.807) is 47.3 Å². The van der Waals surface area contributed by atoms with E-state index in [9.17, 15) is 14.0 Å². The Balaban J connectivity index is 1.33. The molecule has 3 aromatic carbocycles. The van der Waals surface area contributed by atoms with Crippen LogP contribution >= 0.6 is 11.6 Å². The predicted molar refractivity (Wildman–Crippen MR) is 169 cm³/mol. The van der Waals surface area contributed by atoms with Gasteiger partial charge in [0.2, 0.25) is 0 Å². The van der Waals surface area contributed by atoms with Gasteiger partial charge in [0, 0.05) is 59.4 Å². The first kappa shape index (κ1) is 29.1. The Hall–Kier alpha value is -4.95. The van der Waals surface area contributed by atoms with Crippen LogP contribution in [0.2, 0.25) is 5.02 Å². The monoisotopic (exact) mass is 608 g/mol. The number of carbonyl (C=O) groups is 2. The number of aromatic nitrogens is 2. The van der Waals surface area contributed by atoms with Crippen molar-refractivity contribution in [2.45, 2.75) is 19.5 Å². The molecule has 44 heavy (non-hydrogen) atoms. The number of ether oxygens (including phenoxy) is 1. The number of nitrogens with zero attached hydrogens (tertiary/aromatic N) is 4. The lowest BCUT2D eigenvalue weighted by atomic mass is 10.0. The topological polar surface area (TPSA) is 67.7 Å². The Labute approximate surface area is 260 Å². The van der Waals surface area contributed by atoms with Crippen LogP contribution in [0.25, 0.3) is 11.1 Å². The molecule has 0 aliphatic carbocycles. The molecule has 0 fully saturated rings. The van der Waals surface area contributed by atoms with Gasteiger partial charge in [-0.3, -0.25) is 14.6 Å². The molecule has 9 heteroatoms. The second-order valence-electron chi connectivity index (χ2n) is 10.6. The summed E-state index contributed by atoms with van der Waals surface area (Å²) < 4.78 is 22.2. The number of amides is 2. The number of para-hydroxylation sites is 1. The average Bonchev–Trinajstić information content (AvgIpc) is 3.36. The van der Waals surface area contributed by atoms with E-state index in [1.165, 1.54) is 19.2 Å². The highest BCUT2D eigenvalue weighted by molar-refractivity contribution is 6.34. The second-order valence-corrected chi connectivity index (χ2v) is 11.0. The van der Waals surface area contributed by atoms with Gasteiger partial charge >= 0.3 is 0 Å². The smallest absolute Gasteiger partial charge is 0.270 e. The average molecular weight is 609 g/mol. The second kappa shape index (κ2) is 12.3. The van der Waals surface area contributed by atoms with E-state index in [0.717, 1.165) is 22.6 Å². The molecular weight excluding hydrogens is 579 g/mol. The lowest BCUT2D eigenvalue weighted by molar-refractivity contribution is 0.0785. The first-order valence-corrected chi connectivity index (χ1v) is 14.6. The minimum Gasteiger partial charge on any atom is -0.496 e. The zero-order valence-corrected chi connectivity index (χ0v) is 25.1. The summed E-state index contributed by atoms with van der Waals surface area (Å²) in [6.45, 7) is 1.15. The number of fused-ring (bicyclic) bond motifs is 2. The fraction of sp³-hybridized carbons (Fsp3) is 0.171. The summed E-state index contributed by atoms with van der Waals surface area (Å²) >= 11 is 6.65. The van der Waals surface area contributed by atoms with Crippen molar-refractivity contribution < 1.29 is 18.7 Å². The maximum atomic E-state index is 14.6. The van der Waals surface area contributed by atoms with Gasteiger partial charge in [-0.2, -0.15) is 0 Å². The molecule has 0 radical (unpaired) electrons. The van der Waals surface area contributed by atoms with E-state index >= 15 is 0 Å². The zero-order valence-electron chi connectivity index (χ0n) is 24.3. The van der Waals surface area contributed by atoms with Crippen molar-refractivity contribution in [3.05, 3.63) is 136 Å². The van der Waals surface area contributed by atoms with Gasteiger partial charge in [-0.15, -0.1) is 0 Å². The van der Waals surface area contributed by atoms with E-state index in [2.05, 4.69) is 4.98 Å². The molecule has 1 aliphatic rings. The quantitative estimate of drug-likeness (QED) is 0.202. The first-order valence-electron chi connectivity index (χ1n) is 14.2. The van der Waals surface area contributed by atoms with E-state index < -0.39 is 5.82 Å². The Kier molecular flexibility index (Phi) is 8.17. The molecule has 2 amide bonds. The Bertz CT molecular complexity index is 1860. The number of carbonyl (C=O) groups excluding carboxylic acids is 2. The van der Waals surface area contributed by atoms with Crippen LogP contribution in [0.15, 0.2) is 97.2 Å². The van der Waals surface area contributed by atoms with Crippen LogP contribution in [0.5, 0.6) is 5.75 Å². The van der Waals surface area contributed by atoms with E-state index in [0.29, 0.717) is 36.3 Å². The number of rotatable bonds is 7.